The summed E-state index contributed by atoms with van der Waals surface area (Å²) in [6.07, 6.45) is 0. The van der Waals surface area contributed by atoms with Crippen molar-refractivity contribution in [3.05, 3.63) is 35.4 Å². The van der Waals surface area contributed by atoms with Gasteiger partial charge in [0.15, 0.2) is 5.96 Å². The molecule has 0 aliphatic carbocycles. The molecule has 1 aromatic rings. The molecule has 0 aliphatic heterocycles. The fourth-order valence-corrected chi connectivity index (χ4v) is 1.65. The molecule has 3 N–H and O–H groups in total. The van der Waals surface area contributed by atoms with Gasteiger partial charge in [0.2, 0.25) is 0 Å². The molecule has 0 aliphatic rings. The Morgan fingerprint density at radius 2 is 1.94 bits per heavy atom. The van der Waals surface area contributed by atoms with Crippen molar-refractivity contribution >= 4 is 5.96 Å². The highest BCUT2D eigenvalue weighted by atomic mass is 19.1. The Morgan fingerprint density at radius 3 is 2.39 bits per heavy atom. The SMILES string of the molecule is CN=C(N)NCC(c1c(F)cccc1F)N(C)C. The van der Waals surface area contributed by atoms with E-state index in [1.807, 2.05) is 0 Å². The van der Waals surface area contributed by atoms with Crippen molar-refractivity contribution in [2.75, 3.05) is 27.7 Å². The number of nitrogens with two attached hydrogens (primary N) is 1. The Balaban J connectivity index is 2.98. The fraction of sp³-hybridized carbons (Fsp3) is 0.417. The van der Waals surface area contributed by atoms with Gasteiger partial charge >= 0.3 is 0 Å². The van der Waals surface area contributed by atoms with Crippen molar-refractivity contribution in [3.8, 4) is 0 Å². The van der Waals surface area contributed by atoms with Crippen LogP contribution in [-0.4, -0.2) is 38.5 Å². The van der Waals surface area contributed by atoms with Crippen LogP contribution in [-0.2, 0) is 0 Å². The van der Waals surface area contributed by atoms with Crippen molar-refractivity contribution in [1.29, 1.82) is 0 Å². The summed E-state index contributed by atoms with van der Waals surface area (Å²) in [5, 5.41) is 2.82. The highest BCUT2D eigenvalue weighted by Crippen LogP contribution is 2.23. The first kappa shape index (κ1) is 14.4. The first-order valence-electron chi connectivity index (χ1n) is 5.53. The molecule has 4 nitrogen and oxygen atoms in total. The molecule has 100 valence electrons. The lowest BCUT2D eigenvalue weighted by Crippen LogP contribution is -2.39. The zero-order valence-corrected chi connectivity index (χ0v) is 10.7. The summed E-state index contributed by atoms with van der Waals surface area (Å²) < 4.78 is 27.4. The first-order chi connectivity index (χ1) is 8.47. The van der Waals surface area contributed by atoms with Crippen LogP contribution in [0.5, 0.6) is 0 Å². The van der Waals surface area contributed by atoms with E-state index in [-0.39, 0.29) is 18.1 Å². The minimum Gasteiger partial charge on any atom is -0.370 e. The predicted octanol–water partition coefficient (Wildman–Crippen LogP) is 1.10. The molecule has 1 aromatic carbocycles. The first-order valence-corrected chi connectivity index (χ1v) is 5.53. The number of benzene rings is 1. The summed E-state index contributed by atoms with van der Waals surface area (Å²) in [5.41, 5.74) is 5.54. The fourth-order valence-electron chi connectivity index (χ4n) is 1.65. The smallest absolute Gasteiger partial charge is 0.188 e. The van der Waals surface area contributed by atoms with Crippen LogP contribution in [0.1, 0.15) is 11.6 Å². The summed E-state index contributed by atoms with van der Waals surface area (Å²) in [5.74, 6) is -0.899. The Hall–Kier alpha value is -1.69. The number of likely N-dealkylation sites (N-methyl/N-ethyl adjacent to an activating group) is 1. The molecule has 0 aromatic heterocycles. The standard InChI is InChI=1S/C12H18F2N4/c1-16-12(15)17-7-10(18(2)3)11-8(13)5-4-6-9(11)14/h4-6,10H,7H2,1-3H3,(H3,15,16,17). The van der Waals surface area contributed by atoms with Gasteiger partial charge in [0, 0.05) is 19.2 Å². The molecule has 18 heavy (non-hydrogen) atoms. The van der Waals surface area contributed by atoms with E-state index in [9.17, 15) is 8.78 Å². The average molecular weight is 256 g/mol. The number of guanidine groups is 1. The van der Waals surface area contributed by atoms with Crippen molar-refractivity contribution in [1.82, 2.24) is 10.2 Å². The van der Waals surface area contributed by atoms with E-state index in [0.29, 0.717) is 0 Å². The van der Waals surface area contributed by atoms with Gasteiger partial charge in [-0.3, -0.25) is 4.99 Å². The van der Waals surface area contributed by atoms with Gasteiger partial charge in [-0.05, 0) is 26.2 Å². The largest absolute Gasteiger partial charge is 0.370 e. The zero-order chi connectivity index (χ0) is 13.7. The van der Waals surface area contributed by atoms with Crippen LogP contribution in [0.2, 0.25) is 0 Å². The summed E-state index contributed by atoms with van der Waals surface area (Å²) in [6.45, 7) is 0.272. The van der Waals surface area contributed by atoms with E-state index in [1.165, 1.54) is 25.2 Å². The second kappa shape index (κ2) is 6.30. The summed E-state index contributed by atoms with van der Waals surface area (Å²) >= 11 is 0. The molecule has 0 saturated carbocycles. The normalized spacial score (nSPS) is 13.8. The van der Waals surface area contributed by atoms with E-state index >= 15 is 0 Å². The molecule has 0 fully saturated rings. The molecule has 0 amide bonds. The zero-order valence-electron chi connectivity index (χ0n) is 10.7. The lowest BCUT2D eigenvalue weighted by atomic mass is 10.0. The van der Waals surface area contributed by atoms with Gasteiger partial charge in [0.05, 0.1) is 6.04 Å². The molecule has 0 heterocycles. The Morgan fingerprint density at radius 1 is 1.39 bits per heavy atom. The van der Waals surface area contributed by atoms with Gasteiger partial charge < -0.3 is 16.0 Å². The Bertz CT molecular complexity index is 412. The van der Waals surface area contributed by atoms with Crippen LogP contribution in [0, 0.1) is 11.6 Å². The van der Waals surface area contributed by atoms with E-state index in [2.05, 4.69) is 10.3 Å². The van der Waals surface area contributed by atoms with Gasteiger partial charge in [0.1, 0.15) is 11.6 Å². The number of hydrogen-bond acceptors (Lipinski definition) is 2. The molecular formula is C12H18F2N4. The third-order valence-corrected chi connectivity index (χ3v) is 2.67. The number of halogens is 2. The maximum atomic E-state index is 13.7. The topological polar surface area (TPSA) is 53.6 Å². The molecular weight excluding hydrogens is 238 g/mol. The van der Waals surface area contributed by atoms with Gasteiger partial charge in [-0.25, -0.2) is 8.78 Å². The molecule has 1 rings (SSSR count). The molecule has 0 saturated heterocycles. The summed E-state index contributed by atoms with van der Waals surface area (Å²) in [6, 6.07) is 3.36. The molecule has 0 radical (unpaired) electrons. The third-order valence-electron chi connectivity index (χ3n) is 2.67. The maximum absolute atomic E-state index is 13.7. The summed E-state index contributed by atoms with van der Waals surface area (Å²) in [4.78, 5) is 5.46. The van der Waals surface area contributed by atoms with E-state index in [1.54, 1.807) is 19.0 Å². The lowest BCUT2D eigenvalue weighted by molar-refractivity contribution is 0.283. The molecule has 6 heteroatoms. The molecule has 1 atom stereocenters. The second-order valence-electron chi connectivity index (χ2n) is 4.10. The number of rotatable bonds is 4. The number of hydrogen-bond donors (Lipinski definition) is 2. The molecule has 1 unspecified atom stereocenters. The van der Waals surface area contributed by atoms with Crippen LogP contribution in [0.3, 0.4) is 0 Å². The maximum Gasteiger partial charge on any atom is 0.188 e. The van der Waals surface area contributed by atoms with Crippen molar-refractivity contribution in [2.24, 2.45) is 10.7 Å². The third kappa shape index (κ3) is 3.40. The molecule has 0 bridgehead atoms. The Kier molecular flexibility index (Phi) is 5.03. The van der Waals surface area contributed by atoms with E-state index < -0.39 is 17.7 Å². The highest BCUT2D eigenvalue weighted by Gasteiger charge is 2.21. The highest BCUT2D eigenvalue weighted by molar-refractivity contribution is 5.77. The van der Waals surface area contributed by atoms with Gasteiger partial charge in [-0.15, -0.1) is 0 Å². The number of nitrogens with zero attached hydrogens (tertiary/aromatic N) is 2. The van der Waals surface area contributed by atoms with Gasteiger partial charge in [0.25, 0.3) is 0 Å². The minimum absolute atomic E-state index is 0.0268. The lowest BCUT2D eigenvalue weighted by Gasteiger charge is -2.26. The van der Waals surface area contributed by atoms with Crippen LogP contribution >= 0.6 is 0 Å². The monoisotopic (exact) mass is 256 g/mol. The average Bonchev–Trinajstić information content (AvgIpc) is 2.31. The van der Waals surface area contributed by atoms with Crippen LogP contribution in [0.4, 0.5) is 8.78 Å². The van der Waals surface area contributed by atoms with Crippen molar-refractivity contribution in [2.45, 2.75) is 6.04 Å². The number of aliphatic imine (C=N–C) groups is 1. The quantitative estimate of drug-likeness (QED) is 0.626. The van der Waals surface area contributed by atoms with E-state index in [0.717, 1.165) is 0 Å². The minimum atomic E-state index is -0.567. The van der Waals surface area contributed by atoms with Crippen LogP contribution < -0.4 is 11.1 Å². The van der Waals surface area contributed by atoms with Gasteiger partial charge in [-0.2, -0.15) is 0 Å². The predicted molar refractivity (Wildman–Crippen MR) is 68.3 cm³/mol. The Labute approximate surface area is 105 Å². The van der Waals surface area contributed by atoms with Crippen molar-refractivity contribution < 1.29 is 8.78 Å². The van der Waals surface area contributed by atoms with Crippen molar-refractivity contribution in [3.63, 3.8) is 0 Å². The summed E-state index contributed by atoms with van der Waals surface area (Å²) in [7, 11) is 5.03. The van der Waals surface area contributed by atoms with Crippen LogP contribution in [0.15, 0.2) is 23.2 Å². The number of nitrogens with one attached hydrogen (secondary N) is 1. The molecule has 0 spiro atoms. The van der Waals surface area contributed by atoms with E-state index in [4.69, 9.17) is 5.73 Å². The van der Waals surface area contributed by atoms with Crippen LogP contribution in [0.25, 0.3) is 0 Å². The second-order valence-corrected chi connectivity index (χ2v) is 4.10. The van der Waals surface area contributed by atoms with Gasteiger partial charge in [-0.1, -0.05) is 6.07 Å².